The molecule has 0 aliphatic carbocycles. The van der Waals surface area contributed by atoms with E-state index in [1.54, 1.807) is 45.9 Å². The van der Waals surface area contributed by atoms with Gasteiger partial charge in [-0.1, -0.05) is 45.9 Å². The fraction of sp³-hybridized carbons (Fsp3) is 0. The van der Waals surface area contributed by atoms with E-state index < -0.39 is 0 Å². The summed E-state index contributed by atoms with van der Waals surface area (Å²) in [5.74, 6) is -0.501. The largest absolute Gasteiger partial charge is 0.207 e. The van der Waals surface area contributed by atoms with Gasteiger partial charge in [0.1, 0.15) is 11.6 Å². The molecule has 0 amide bonds. The van der Waals surface area contributed by atoms with Crippen LogP contribution in [0.5, 0.6) is 0 Å². The van der Waals surface area contributed by atoms with Crippen molar-refractivity contribution in [2.75, 3.05) is 0 Å². The van der Waals surface area contributed by atoms with Crippen LogP contribution in [-0.4, -0.2) is 0 Å². The van der Waals surface area contributed by atoms with Crippen LogP contribution >= 0.6 is 21.6 Å². The molecule has 2 aromatic rings. The van der Waals surface area contributed by atoms with Gasteiger partial charge >= 0.3 is 0 Å². The van der Waals surface area contributed by atoms with Gasteiger partial charge in [-0.2, -0.15) is 0 Å². The van der Waals surface area contributed by atoms with Crippen LogP contribution in [0.2, 0.25) is 0 Å². The summed E-state index contributed by atoms with van der Waals surface area (Å²) >= 11 is 0. The summed E-state index contributed by atoms with van der Waals surface area (Å²) in [5, 5.41) is 4.08. The molecule has 0 bridgehead atoms. The van der Waals surface area contributed by atoms with E-state index in [9.17, 15) is 8.78 Å². The van der Waals surface area contributed by atoms with Crippen LogP contribution < -0.4 is 0 Å². The van der Waals surface area contributed by atoms with Crippen LogP contribution in [0.15, 0.2) is 59.3 Å². The van der Waals surface area contributed by atoms with Crippen LogP contribution in [0.4, 0.5) is 8.78 Å². The molecule has 2 aromatic carbocycles. The minimum Gasteiger partial charge on any atom is -0.207 e. The first-order chi connectivity index (χ1) is 9.74. The van der Waals surface area contributed by atoms with Crippen molar-refractivity contribution in [3.05, 3.63) is 82.1 Å². The Morgan fingerprint density at radius 1 is 0.550 bits per heavy atom. The second kappa shape index (κ2) is 5.85. The van der Waals surface area contributed by atoms with Gasteiger partial charge in [-0.25, -0.2) is 8.78 Å². The van der Waals surface area contributed by atoms with Gasteiger partial charge in [0.2, 0.25) is 0 Å². The molecular weight excluding hydrogens is 294 g/mol. The van der Waals surface area contributed by atoms with Gasteiger partial charge in [0, 0.05) is 0 Å². The molecule has 0 spiro atoms. The van der Waals surface area contributed by atoms with Gasteiger partial charge in [-0.15, -0.1) is 0 Å². The highest BCUT2D eigenvalue weighted by atomic mass is 33.1. The van der Waals surface area contributed by atoms with E-state index in [1.807, 2.05) is 10.8 Å². The van der Waals surface area contributed by atoms with Crippen molar-refractivity contribution < 1.29 is 8.78 Å². The van der Waals surface area contributed by atoms with E-state index in [0.717, 1.165) is 22.3 Å². The molecule has 1 aliphatic rings. The first-order valence-corrected chi connectivity index (χ1v) is 8.26. The second-order valence-corrected chi connectivity index (χ2v) is 6.28. The number of rotatable bonds is 2. The van der Waals surface area contributed by atoms with Crippen LogP contribution in [-0.2, 0) is 0 Å². The first kappa shape index (κ1) is 13.5. The summed E-state index contributed by atoms with van der Waals surface area (Å²) in [5.41, 5.74) is 3.96. The lowest BCUT2D eigenvalue weighted by molar-refractivity contribution is 0.627. The third-order valence-electron chi connectivity index (χ3n) is 2.99. The molecule has 0 fully saturated rings. The number of allylic oxidation sites excluding steroid dienone is 2. The highest BCUT2D eigenvalue weighted by Crippen LogP contribution is 2.43. The van der Waals surface area contributed by atoms with E-state index in [2.05, 4.69) is 0 Å². The third-order valence-corrected chi connectivity index (χ3v) is 4.67. The summed E-state index contributed by atoms with van der Waals surface area (Å²) in [7, 11) is 3.23. The van der Waals surface area contributed by atoms with Crippen LogP contribution in [0, 0.1) is 11.6 Å². The number of hydrogen-bond donors (Lipinski definition) is 0. The van der Waals surface area contributed by atoms with Crippen molar-refractivity contribution >= 4 is 32.7 Å². The van der Waals surface area contributed by atoms with E-state index in [4.69, 9.17) is 0 Å². The molecular formula is C16H10F2S2. The molecule has 0 N–H and O–H groups in total. The van der Waals surface area contributed by atoms with Crippen molar-refractivity contribution in [1.29, 1.82) is 0 Å². The number of benzene rings is 2. The van der Waals surface area contributed by atoms with Crippen LogP contribution in [0.25, 0.3) is 11.1 Å². The zero-order valence-electron chi connectivity index (χ0n) is 10.3. The zero-order chi connectivity index (χ0) is 13.9. The smallest absolute Gasteiger partial charge is 0.123 e. The zero-order valence-corrected chi connectivity index (χ0v) is 12.0. The van der Waals surface area contributed by atoms with E-state index >= 15 is 0 Å². The Labute approximate surface area is 124 Å². The highest BCUT2D eigenvalue weighted by Gasteiger charge is 2.14. The molecule has 4 heteroatoms. The van der Waals surface area contributed by atoms with Crippen molar-refractivity contribution in [2.24, 2.45) is 0 Å². The molecule has 20 heavy (non-hydrogen) atoms. The lowest BCUT2D eigenvalue weighted by Gasteiger charge is -2.16. The molecule has 0 saturated carbocycles. The summed E-state index contributed by atoms with van der Waals surface area (Å²) in [6.07, 6.45) is 0. The maximum atomic E-state index is 13.0. The summed E-state index contributed by atoms with van der Waals surface area (Å²) in [6.45, 7) is 0. The summed E-state index contributed by atoms with van der Waals surface area (Å²) in [6, 6.07) is 12.8. The molecule has 1 aliphatic heterocycles. The first-order valence-electron chi connectivity index (χ1n) is 5.99. The fourth-order valence-electron chi connectivity index (χ4n) is 1.98. The minimum atomic E-state index is -0.250. The molecule has 100 valence electrons. The molecule has 1 heterocycles. The SMILES string of the molecule is Fc1ccc(C2=CSSC=C2c2ccc(F)cc2)cc1. The summed E-state index contributed by atoms with van der Waals surface area (Å²) < 4.78 is 26.1. The van der Waals surface area contributed by atoms with Crippen LogP contribution in [0.1, 0.15) is 11.1 Å². The van der Waals surface area contributed by atoms with Gasteiger partial charge in [0.15, 0.2) is 0 Å². The predicted octanol–water partition coefficient (Wildman–Crippen LogP) is 5.74. The molecule has 0 radical (unpaired) electrons. The fourth-order valence-corrected chi connectivity index (χ4v) is 3.73. The number of halogens is 2. The van der Waals surface area contributed by atoms with Crippen molar-refractivity contribution in [3.63, 3.8) is 0 Å². The van der Waals surface area contributed by atoms with E-state index in [-0.39, 0.29) is 11.6 Å². The maximum Gasteiger partial charge on any atom is 0.123 e. The molecule has 0 nitrogen and oxygen atoms in total. The van der Waals surface area contributed by atoms with Crippen LogP contribution in [0.3, 0.4) is 0 Å². The molecule has 0 unspecified atom stereocenters. The van der Waals surface area contributed by atoms with Crippen molar-refractivity contribution in [3.8, 4) is 0 Å². The normalized spacial score (nSPS) is 14.7. The standard InChI is InChI=1S/C16H10F2S2/c17-13-5-1-11(2-6-13)15-9-19-20-10-16(15)12-3-7-14(18)8-4-12/h1-10H. The lowest BCUT2D eigenvalue weighted by atomic mass is 9.95. The third kappa shape index (κ3) is 2.81. The Hall–Kier alpha value is -1.52. The Morgan fingerprint density at radius 2 is 0.900 bits per heavy atom. The maximum absolute atomic E-state index is 13.0. The molecule has 0 saturated heterocycles. The molecule has 3 rings (SSSR count). The Kier molecular flexibility index (Phi) is 3.94. The number of hydrogen-bond acceptors (Lipinski definition) is 2. The van der Waals surface area contributed by atoms with Gasteiger partial charge in [-0.3, -0.25) is 0 Å². The Morgan fingerprint density at radius 3 is 1.25 bits per heavy atom. The van der Waals surface area contributed by atoms with Gasteiger partial charge in [0.05, 0.1) is 0 Å². The lowest BCUT2D eigenvalue weighted by Crippen LogP contribution is -1.92. The Balaban J connectivity index is 2.01. The monoisotopic (exact) mass is 304 g/mol. The minimum absolute atomic E-state index is 0.250. The van der Waals surface area contributed by atoms with Crippen molar-refractivity contribution in [1.82, 2.24) is 0 Å². The summed E-state index contributed by atoms with van der Waals surface area (Å²) in [4.78, 5) is 0. The topological polar surface area (TPSA) is 0 Å². The second-order valence-electron chi connectivity index (χ2n) is 4.27. The van der Waals surface area contributed by atoms with Gasteiger partial charge in [0.25, 0.3) is 0 Å². The highest BCUT2D eigenvalue weighted by molar-refractivity contribution is 8.79. The van der Waals surface area contributed by atoms with E-state index in [0.29, 0.717) is 0 Å². The Bertz CT molecular complexity index is 609. The molecule has 0 atom stereocenters. The quantitative estimate of drug-likeness (QED) is 0.649. The average Bonchev–Trinajstić information content (AvgIpc) is 2.49. The molecule has 0 aromatic heterocycles. The average molecular weight is 304 g/mol. The van der Waals surface area contributed by atoms with Crippen molar-refractivity contribution in [2.45, 2.75) is 0 Å². The predicted molar refractivity (Wildman–Crippen MR) is 83.9 cm³/mol. The van der Waals surface area contributed by atoms with Gasteiger partial charge in [-0.05, 0) is 57.4 Å². The van der Waals surface area contributed by atoms with E-state index in [1.165, 1.54) is 24.3 Å². The van der Waals surface area contributed by atoms with Gasteiger partial charge < -0.3 is 0 Å².